The Labute approximate surface area is 104 Å². The molecule has 0 unspecified atom stereocenters. The number of aromatic nitrogens is 1. The highest BCUT2D eigenvalue weighted by Crippen LogP contribution is 1.97. The monoisotopic (exact) mass is 251 g/mol. The summed E-state index contributed by atoms with van der Waals surface area (Å²) in [4.78, 5) is 37.6. The van der Waals surface area contributed by atoms with Crippen LogP contribution in [0.3, 0.4) is 0 Å². The summed E-state index contributed by atoms with van der Waals surface area (Å²) in [6.45, 7) is 3.38. The van der Waals surface area contributed by atoms with E-state index in [0.29, 0.717) is 5.69 Å². The highest BCUT2D eigenvalue weighted by Gasteiger charge is 2.16. The molecule has 0 bridgehead atoms. The topological polar surface area (TPSA) is 97.4 Å². The van der Waals surface area contributed by atoms with Gasteiger partial charge in [-0.1, -0.05) is 6.07 Å². The molecule has 0 aliphatic rings. The van der Waals surface area contributed by atoms with Crippen LogP contribution in [-0.2, 0) is 14.3 Å². The minimum atomic E-state index is -1.06. The van der Waals surface area contributed by atoms with Crippen LogP contribution < -0.4 is 10.9 Å². The van der Waals surface area contributed by atoms with Crippen molar-refractivity contribution in [3.63, 3.8) is 0 Å². The summed E-state index contributed by atoms with van der Waals surface area (Å²) in [6, 6.07) is 4.87. The summed E-state index contributed by atoms with van der Waals surface area (Å²) < 4.78 is 4.44. The average molecular weight is 251 g/mol. The Hall–Kier alpha value is -2.44. The Morgan fingerprint density at radius 1 is 1.28 bits per heavy atom. The molecule has 2 amide bonds. The van der Waals surface area contributed by atoms with Gasteiger partial charge in [-0.05, 0) is 26.0 Å². The third-order valence-electron chi connectivity index (χ3n) is 1.87. The second-order valence-electron chi connectivity index (χ2n) is 3.29. The van der Waals surface area contributed by atoms with Gasteiger partial charge in [-0.2, -0.15) is 0 Å². The minimum Gasteiger partial charge on any atom is -0.459 e. The first kappa shape index (κ1) is 13.6. The lowest BCUT2D eigenvalue weighted by molar-refractivity contribution is -0.154. The Morgan fingerprint density at radius 3 is 2.61 bits per heavy atom. The maximum Gasteiger partial charge on any atom is 0.398 e. The molecular weight excluding hydrogens is 238 g/mol. The summed E-state index contributed by atoms with van der Waals surface area (Å²) in [6.07, 6.45) is 0. The van der Waals surface area contributed by atoms with Crippen molar-refractivity contribution in [3.05, 3.63) is 29.6 Å². The molecule has 0 aliphatic heterocycles. The van der Waals surface area contributed by atoms with Crippen molar-refractivity contribution >= 4 is 17.8 Å². The van der Waals surface area contributed by atoms with Crippen LogP contribution in [-0.4, -0.2) is 29.4 Å². The fourth-order valence-corrected chi connectivity index (χ4v) is 1.09. The second kappa shape index (κ2) is 6.33. The van der Waals surface area contributed by atoms with Gasteiger partial charge in [0, 0.05) is 5.69 Å². The first-order valence-electron chi connectivity index (χ1n) is 5.25. The van der Waals surface area contributed by atoms with E-state index in [0.717, 1.165) is 0 Å². The average Bonchev–Trinajstić information content (AvgIpc) is 2.35. The molecule has 7 heteroatoms. The zero-order chi connectivity index (χ0) is 13.5. The Balaban J connectivity index is 2.51. The van der Waals surface area contributed by atoms with Gasteiger partial charge in [0.1, 0.15) is 5.69 Å². The molecule has 1 aromatic heterocycles. The minimum absolute atomic E-state index is 0.0830. The maximum absolute atomic E-state index is 11.5. The standard InChI is InChI=1S/C11H13N3O4/c1-3-18-11(17)10(16)14-13-9(15)8-6-4-5-7(2)12-8/h4-6H,3H2,1-2H3,(H,13,15)(H,14,16). The van der Waals surface area contributed by atoms with Crippen molar-refractivity contribution in [2.24, 2.45) is 0 Å². The third kappa shape index (κ3) is 3.85. The van der Waals surface area contributed by atoms with Crippen LogP contribution in [0.15, 0.2) is 18.2 Å². The van der Waals surface area contributed by atoms with Crippen LogP contribution in [0, 0.1) is 6.92 Å². The van der Waals surface area contributed by atoms with Crippen molar-refractivity contribution in [1.29, 1.82) is 0 Å². The number of esters is 1. The lowest BCUT2D eigenvalue weighted by atomic mass is 10.3. The molecule has 7 nitrogen and oxygen atoms in total. The molecule has 2 N–H and O–H groups in total. The van der Waals surface area contributed by atoms with E-state index in [1.807, 2.05) is 5.43 Å². The van der Waals surface area contributed by atoms with Gasteiger partial charge in [0.25, 0.3) is 5.91 Å². The molecule has 0 fully saturated rings. The van der Waals surface area contributed by atoms with E-state index in [-0.39, 0.29) is 12.3 Å². The van der Waals surface area contributed by atoms with Gasteiger partial charge in [0.2, 0.25) is 0 Å². The summed E-state index contributed by atoms with van der Waals surface area (Å²) in [5.41, 5.74) is 4.80. The molecule has 1 heterocycles. The highest BCUT2D eigenvalue weighted by molar-refractivity contribution is 6.32. The number of aryl methyl sites for hydroxylation is 1. The van der Waals surface area contributed by atoms with Crippen LogP contribution in [0.25, 0.3) is 0 Å². The molecule has 96 valence electrons. The molecule has 0 aliphatic carbocycles. The van der Waals surface area contributed by atoms with E-state index in [2.05, 4.69) is 15.1 Å². The number of ether oxygens (including phenoxy) is 1. The van der Waals surface area contributed by atoms with E-state index in [1.165, 1.54) is 6.07 Å². The molecule has 0 spiro atoms. The molecule has 0 radical (unpaired) electrons. The lowest BCUT2D eigenvalue weighted by Crippen LogP contribution is -2.45. The largest absolute Gasteiger partial charge is 0.459 e. The number of pyridine rings is 1. The van der Waals surface area contributed by atoms with Crippen LogP contribution >= 0.6 is 0 Å². The van der Waals surface area contributed by atoms with Gasteiger partial charge in [-0.15, -0.1) is 0 Å². The number of nitrogens with zero attached hydrogens (tertiary/aromatic N) is 1. The number of rotatable bonds is 2. The van der Waals surface area contributed by atoms with Crippen molar-refractivity contribution in [3.8, 4) is 0 Å². The number of carbonyl (C=O) groups is 3. The molecule has 18 heavy (non-hydrogen) atoms. The molecule has 0 saturated carbocycles. The summed E-state index contributed by atoms with van der Waals surface area (Å²) >= 11 is 0. The first-order valence-corrected chi connectivity index (χ1v) is 5.25. The maximum atomic E-state index is 11.5. The van der Waals surface area contributed by atoms with Gasteiger partial charge in [-0.25, -0.2) is 9.78 Å². The zero-order valence-electron chi connectivity index (χ0n) is 10.0. The van der Waals surface area contributed by atoms with Crippen LogP contribution in [0.4, 0.5) is 0 Å². The summed E-state index contributed by atoms with van der Waals surface area (Å²) in [5.74, 6) is -2.72. The first-order chi connectivity index (χ1) is 8.54. The second-order valence-corrected chi connectivity index (χ2v) is 3.29. The normalized spacial score (nSPS) is 9.44. The van der Waals surface area contributed by atoms with E-state index in [9.17, 15) is 14.4 Å². The Kier molecular flexibility index (Phi) is 4.79. The molecule has 1 rings (SSSR count). The van der Waals surface area contributed by atoms with Crippen LogP contribution in [0.1, 0.15) is 23.1 Å². The molecule has 0 aromatic carbocycles. The van der Waals surface area contributed by atoms with Crippen LogP contribution in [0.5, 0.6) is 0 Å². The van der Waals surface area contributed by atoms with Crippen LogP contribution in [0.2, 0.25) is 0 Å². The van der Waals surface area contributed by atoms with E-state index in [4.69, 9.17) is 0 Å². The van der Waals surface area contributed by atoms with E-state index >= 15 is 0 Å². The van der Waals surface area contributed by atoms with E-state index < -0.39 is 17.8 Å². The fraction of sp³-hybridized carbons (Fsp3) is 0.273. The Bertz CT molecular complexity index is 473. The number of carbonyl (C=O) groups excluding carboxylic acids is 3. The van der Waals surface area contributed by atoms with Gasteiger partial charge in [0.05, 0.1) is 6.61 Å². The predicted molar refractivity (Wildman–Crippen MR) is 61.2 cm³/mol. The van der Waals surface area contributed by atoms with Gasteiger partial charge < -0.3 is 4.74 Å². The third-order valence-corrected chi connectivity index (χ3v) is 1.87. The van der Waals surface area contributed by atoms with Gasteiger partial charge in [-0.3, -0.25) is 20.4 Å². The van der Waals surface area contributed by atoms with E-state index in [1.54, 1.807) is 26.0 Å². The number of amides is 2. The number of hydrazine groups is 1. The zero-order valence-corrected chi connectivity index (χ0v) is 10.0. The lowest BCUT2D eigenvalue weighted by Gasteiger charge is -2.06. The molecular formula is C11H13N3O4. The number of nitrogens with one attached hydrogen (secondary N) is 2. The van der Waals surface area contributed by atoms with Crippen molar-refractivity contribution in [2.45, 2.75) is 13.8 Å². The fourth-order valence-electron chi connectivity index (χ4n) is 1.09. The van der Waals surface area contributed by atoms with Crippen molar-refractivity contribution < 1.29 is 19.1 Å². The summed E-state index contributed by atoms with van der Waals surface area (Å²) in [7, 11) is 0. The number of hydrogen-bond donors (Lipinski definition) is 2. The summed E-state index contributed by atoms with van der Waals surface area (Å²) in [5, 5.41) is 0. The highest BCUT2D eigenvalue weighted by atomic mass is 16.5. The van der Waals surface area contributed by atoms with Crippen molar-refractivity contribution in [1.82, 2.24) is 15.8 Å². The smallest absolute Gasteiger partial charge is 0.398 e. The van der Waals surface area contributed by atoms with Crippen molar-refractivity contribution in [2.75, 3.05) is 6.61 Å². The number of hydrogen-bond acceptors (Lipinski definition) is 5. The van der Waals surface area contributed by atoms with Gasteiger partial charge in [0.15, 0.2) is 0 Å². The molecule has 0 saturated heterocycles. The van der Waals surface area contributed by atoms with Gasteiger partial charge >= 0.3 is 11.9 Å². The Morgan fingerprint density at radius 2 is 2.00 bits per heavy atom. The molecule has 1 aromatic rings. The predicted octanol–water partition coefficient (Wildman–Crippen LogP) is -0.286. The quantitative estimate of drug-likeness (QED) is 0.428. The molecule has 0 atom stereocenters. The SMILES string of the molecule is CCOC(=O)C(=O)NNC(=O)c1cccc(C)n1.